The minimum absolute atomic E-state index is 0. The number of rotatable bonds is 17. The van der Waals surface area contributed by atoms with Crippen molar-refractivity contribution in [2.75, 3.05) is 41.2 Å². The molecule has 152 valence electrons. The Hall–Kier alpha value is -0.240. The van der Waals surface area contributed by atoms with Crippen LogP contribution in [0.25, 0.3) is 0 Å². The van der Waals surface area contributed by atoms with E-state index in [1.807, 2.05) is 0 Å². The molecule has 0 spiro atoms. The first-order chi connectivity index (χ1) is 11.7. The van der Waals surface area contributed by atoms with Gasteiger partial charge in [0.2, 0.25) is 0 Å². The van der Waals surface area contributed by atoms with E-state index in [4.69, 9.17) is 23.7 Å². The van der Waals surface area contributed by atoms with Gasteiger partial charge in [-0.2, -0.15) is 0 Å². The zero-order valence-corrected chi connectivity index (χ0v) is 16.7. The molecule has 2 atom stereocenters. The van der Waals surface area contributed by atoms with E-state index >= 15 is 0 Å². The van der Waals surface area contributed by atoms with E-state index in [1.165, 1.54) is 38.5 Å². The smallest absolute Gasteiger partial charge is 0.285 e. The van der Waals surface area contributed by atoms with Crippen LogP contribution in [-0.4, -0.2) is 58.7 Å². The van der Waals surface area contributed by atoms with Crippen LogP contribution in [0.2, 0.25) is 0 Å². The molecule has 0 radical (unpaired) electrons. The molecule has 0 bridgehead atoms. The Morgan fingerprint density at radius 1 is 0.920 bits per heavy atom. The second-order valence-electron chi connectivity index (χ2n) is 6.64. The Morgan fingerprint density at radius 2 is 1.48 bits per heavy atom. The maximum Gasteiger partial charge on any atom is 0.285 e. The van der Waals surface area contributed by atoms with Crippen LogP contribution in [0.15, 0.2) is 0 Å². The lowest BCUT2D eigenvalue weighted by molar-refractivity contribution is -0.380. The third-order valence-electron chi connectivity index (χ3n) is 4.81. The molecule has 0 saturated carbocycles. The highest BCUT2D eigenvalue weighted by Gasteiger charge is 2.39. The standard InChI is InChI=1S/C19H38O5.H2O/c1-5-6-7-8-9-10-12-17(19(20-2,21-3)22-4)13-11-14-23-15-18-16-24-18;/h17-18H,5-16H2,1-4H3;1H2. The molecular weight excluding hydrogens is 324 g/mol. The Balaban J connectivity index is 0.00000576. The summed E-state index contributed by atoms with van der Waals surface area (Å²) in [7, 11) is 4.96. The van der Waals surface area contributed by atoms with Gasteiger partial charge in [-0.25, -0.2) is 0 Å². The first-order valence-electron chi connectivity index (χ1n) is 9.57. The summed E-state index contributed by atoms with van der Waals surface area (Å²) >= 11 is 0. The van der Waals surface area contributed by atoms with Crippen LogP contribution in [0.3, 0.4) is 0 Å². The molecule has 1 rings (SSSR count). The molecule has 1 aliphatic rings. The van der Waals surface area contributed by atoms with E-state index in [-0.39, 0.29) is 11.4 Å². The van der Waals surface area contributed by atoms with Crippen molar-refractivity contribution < 1.29 is 29.2 Å². The molecule has 1 fully saturated rings. The number of unbranched alkanes of at least 4 members (excludes halogenated alkanes) is 5. The Bertz CT molecular complexity index is 283. The number of methoxy groups -OCH3 is 3. The molecule has 1 aliphatic heterocycles. The number of ether oxygens (including phenoxy) is 5. The molecule has 6 nitrogen and oxygen atoms in total. The van der Waals surface area contributed by atoms with Crippen LogP contribution in [0.5, 0.6) is 0 Å². The predicted octanol–water partition coefficient (Wildman–Crippen LogP) is 3.32. The van der Waals surface area contributed by atoms with Crippen molar-refractivity contribution in [1.29, 1.82) is 0 Å². The van der Waals surface area contributed by atoms with Crippen LogP contribution in [0.4, 0.5) is 0 Å². The summed E-state index contributed by atoms with van der Waals surface area (Å²) in [6, 6.07) is 0. The normalized spacial score (nSPS) is 18.0. The average Bonchev–Trinajstić information content (AvgIpc) is 3.43. The summed E-state index contributed by atoms with van der Waals surface area (Å²) in [6.45, 7) is 4.56. The molecule has 1 saturated heterocycles. The topological polar surface area (TPSA) is 81.0 Å². The van der Waals surface area contributed by atoms with Crippen molar-refractivity contribution in [3.8, 4) is 0 Å². The SMILES string of the molecule is CCCCCCCCC(CCCOCC1CO1)C(OC)(OC)OC.O. The van der Waals surface area contributed by atoms with Gasteiger partial charge in [-0.05, 0) is 19.3 Å². The quantitative estimate of drug-likeness (QED) is 0.225. The number of hydrogen-bond acceptors (Lipinski definition) is 5. The minimum atomic E-state index is -0.941. The van der Waals surface area contributed by atoms with E-state index in [0.717, 1.165) is 32.5 Å². The maximum atomic E-state index is 5.64. The van der Waals surface area contributed by atoms with Crippen molar-refractivity contribution in [3.63, 3.8) is 0 Å². The van der Waals surface area contributed by atoms with Crippen molar-refractivity contribution in [1.82, 2.24) is 0 Å². The molecule has 0 aromatic carbocycles. The average molecular weight is 365 g/mol. The lowest BCUT2D eigenvalue weighted by Gasteiger charge is -2.36. The highest BCUT2D eigenvalue weighted by atomic mass is 16.9. The fraction of sp³-hybridized carbons (Fsp3) is 1.00. The fourth-order valence-electron chi connectivity index (χ4n) is 3.23. The van der Waals surface area contributed by atoms with Gasteiger partial charge in [-0.15, -0.1) is 0 Å². The molecule has 1 heterocycles. The monoisotopic (exact) mass is 364 g/mol. The van der Waals surface area contributed by atoms with Gasteiger partial charge in [0, 0.05) is 33.9 Å². The van der Waals surface area contributed by atoms with E-state index in [2.05, 4.69) is 6.92 Å². The number of epoxide rings is 1. The third-order valence-corrected chi connectivity index (χ3v) is 4.81. The van der Waals surface area contributed by atoms with Crippen LogP contribution in [0, 0.1) is 5.92 Å². The van der Waals surface area contributed by atoms with Crippen molar-refractivity contribution in [2.24, 2.45) is 5.92 Å². The van der Waals surface area contributed by atoms with Gasteiger partial charge < -0.3 is 29.2 Å². The molecular formula is C19H40O6. The second-order valence-corrected chi connectivity index (χ2v) is 6.64. The lowest BCUT2D eigenvalue weighted by atomic mass is 9.93. The zero-order chi connectivity index (χ0) is 17.7. The molecule has 6 heteroatoms. The molecule has 0 aromatic heterocycles. The van der Waals surface area contributed by atoms with Crippen molar-refractivity contribution in [3.05, 3.63) is 0 Å². The van der Waals surface area contributed by atoms with E-state index < -0.39 is 5.97 Å². The van der Waals surface area contributed by atoms with E-state index in [0.29, 0.717) is 12.7 Å². The highest BCUT2D eigenvalue weighted by molar-refractivity contribution is 4.72. The lowest BCUT2D eigenvalue weighted by Crippen LogP contribution is -2.44. The van der Waals surface area contributed by atoms with E-state index in [9.17, 15) is 0 Å². The zero-order valence-electron chi connectivity index (χ0n) is 16.7. The Labute approximate surface area is 153 Å². The number of hydrogen-bond donors (Lipinski definition) is 0. The minimum Gasteiger partial charge on any atom is -0.412 e. The summed E-state index contributed by atoms with van der Waals surface area (Å²) in [4.78, 5) is 0. The predicted molar refractivity (Wildman–Crippen MR) is 98.6 cm³/mol. The van der Waals surface area contributed by atoms with Crippen LogP contribution >= 0.6 is 0 Å². The van der Waals surface area contributed by atoms with E-state index in [1.54, 1.807) is 21.3 Å². The van der Waals surface area contributed by atoms with Crippen LogP contribution in [-0.2, 0) is 23.7 Å². The van der Waals surface area contributed by atoms with Gasteiger partial charge in [0.05, 0.1) is 13.2 Å². The largest absolute Gasteiger partial charge is 0.412 e. The molecule has 2 unspecified atom stereocenters. The van der Waals surface area contributed by atoms with Gasteiger partial charge >= 0.3 is 0 Å². The summed E-state index contributed by atoms with van der Waals surface area (Å²) in [5, 5.41) is 0. The Morgan fingerprint density at radius 3 is 2.04 bits per heavy atom. The summed E-state index contributed by atoms with van der Waals surface area (Å²) < 4.78 is 27.6. The van der Waals surface area contributed by atoms with Gasteiger partial charge in [0.1, 0.15) is 6.10 Å². The van der Waals surface area contributed by atoms with Gasteiger partial charge in [-0.1, -0.05) is 45.4 Å². The van der Waals surface area contributed by atoms with Gasteiger partial charge in [-0.3, -0.25) is 0 Å². The van der Waals surface area contributed by atoms with Gasteiger partial charge in [0.15, 0.2) is 0 Å². The van der Waals surface area contributed by atoms with Crippen LogP contribution in [0.1, 0.15) is 64.7 Å². The third kappa shape index (κ3) is 9.87. The van der Waals surface area contributed by atoms with Crippen molar-refractivity contribution >= 4 is 0 Å². The molecule has 25 heavy (non-hydrogen) atoms. The summed E-state index contributed by atoms with van der Waals surface area (Å²) in [6.07, 6.45) is 11.0. The summed E-state index contributed by atoms with van der Waals surface area (Å²) in [5.74, 6) is -0.729. The molecule has 0 amide bonds. The first kappa shape index (κ1) is 24.8. The first-order valence-corrected chi connectivity index (χ1v) is 9.57. The fourth-order valence-corrected chi connectivity index (χ4v) is 3.23. The second kappa shape index (κ2) is 14.9. The van der Waals surface area contributed by atoms with Gasteiger partial charge in [0.25, 0.3) is 5.97 Å². The molecule has 0 aromatic rings. The molecule has 0 aliphatic carbocycles. The summed E-state index contributed by atoms with van der Waals surface area (Å²) in [5.41, 5.74) is 0. The van der Waals surface area contributed by atoms with Crippen LogP contribution < -0.4 is 0 Å². The highest BCUT2D eigenvalue weighted by Crippen LogP contribution is 2.32. The van der Waals surface area contributed by atoms with Crippen molar-refractivity contribution in [2.45, 2.75) is 76.8 Å². The Kier molecular flexibility index (Phi) is 14.7. The maximum absolute atomic E-state index is 5.64. The molecule has 2 N–H and O–H groups in total.